The monoisotopic (exact) mass is 161 g/mol. The van der Waals surface area contributed by atoms with Crippen LogP contribution in [0.5, 0.6) is 0 Å². The molecule has 0 spiro atoms. The predicted octanol–water partition coefficient (Wildman–Crippen LogP) is 2.89. The van der Waals surface area contributed by atoms with Crippen molar-refractivity contribution in [2.24, 2.45) is 0 Å². The van der Waals surface area contributed by atoms with Crippen LogP contribution in [0, 0.1) is 6.26 Å². The molecule has 0 aromatic heterocycles. The fourth-order valence-electron chi connectivity index (χ4n) is 0.820. The largest absolute Gasteiger partial charge is 0.490 e. The van der Waals surface area contributed by atoms with Crippen LogP contribution >= 0.6 is 0 Å². The summed E-state index contributed by atoms with van der Waals surface area (Å²) in [7, 11) is 0. The average molecular weight is 161 g/mol. The van der Waals surface area contributed by atoms with Crippen molar-refractivity contribution in [3.05, 3.63) is 42.2 Å². The predicted molar refractivity (Wildman–Crippen MR) is 50.4 cm³/mol. The Bertz CT molecular complexity index is 226. The van der Waals surface area contributed by atoms with Gasteiger partial charge in [0.25, 0.3) is 0 Å². The molecule has 1 rings (SSSR count). The van der Waals surface area contributed by atoms with E-state index in [1.165, 1.54) is 0 Å². The average Bonchev–Trinajstić information content (AvgIpc) is 2.14. The Morgan fingerprint density at radius 3 is 2.75 bits per heavy atom. The third-order valence-corrected chi connectivity index (χ3v) is 1.41. The summed E-state index contributed by atoms with van der Waals surface area (Å²) in [5.74, 6) is 0. The minimum atomic E-state index is 0.739. The topological polar surface area (TPSA) is 9.23 Å². The van der Waals surface area contributed by atoms with Crippen molar-refractivity contribution >= 4 is 6.08 Å². The summed E-state index contributed by atoms with van der Waals surface area (Å²) >= 11 is 0. The van der Waals surface area contributed by atoms with Gasteiger partial charge in [-0.3, -0.25) is 0 Å². The molecular formula is C11H13O. The van der Waals surface area contributed by atoms with Crippen LogP contribution in [0.4, 0.5) is 0 Å². The molecule has 12 heavy (non-hydrogen) atoms. The molecule has 0 saturated heterocycles. The molecule has 0 fully saturated rings. The molecule has 0 bridgehead atoms. The molecule has 0 aliphatic carbocycles. The smallest absolute Gasteiger partial charge is 0.161 e. The van der Waals surface area contributed by atoms with Gasteiger partial charge in [0.1, 0.15) is 0 Å². The van der Waals surface area contributed by atoms with Crippen LogP contribution in [0.25, 0.3) is 6.08 Å². The highest BCUT2D eigenvalue weighted by Crippen LogP contribution is 2.00. The number of hydrogen-bond acceptors (Lipinski definition) is 1. The zero-order valence-corrected chi connectivity index (χ0v) is 7.29. The number of benzene rings is 1. The van der Waals surface area contributed by atoms with Crippen LogP contribution in [0.15, 0.2) is 30.3 Å². The first kappa shape index (κ1) is 8.85. The van der Waals surface area contributed by atoms with Crippen LogP contribution in [-0.2, 0) is 4.74 Å². The van der Waals surface area contributed by atoms with Crippen molar-refractivity contribution < 1.29 is 4.74 Å². The molecule has 1 aromatic rings. The molecule has 0 unspecified atom stereocenters. The molecule has 1 heteroatoms. The fraction of sp³-hybridized carbons (Fsp3) is 0.273. The summed E-state index contributed by atoms with van der Waals surface area (Å²) in [5, 5.41) is 0. The first-order chi connectivity index (χ1) is 5.93. The van der Waals surface area contributed by atoms with Gasteiger partial charge < -0.3 is 4.74 Å². The zero-order chi connectivity index (χ0) is 8.65. The highest BCUT2D eigenvalue weighted by molar-refractivity contribution is 5.45. The Kier molecular flexibility index (Phi) is 4.00. The summed E-state index contributed by atoms with van der Waals surface area (Å²) in [6.45, 7) is 2.81. The second-order valence-corrected chi connectivity index (χ2v) is 2.52. The van der Waals surface area contributed by atoms with Crippen molar-refractivity contribution in [1.82, 2.24) is 0 Å². The van der Waals surface area contributed by atoms with Gasteiger partial charge in [-0.1, -0.05) is 37.3 Å². The summed E-state index contributed by atoms with van der Waals surface area (Å²) in [4.78, 5) is 0. The zero-order valence-electron chi connectivity index (χ0n) is 7.29. The third kappa shape index (κ3) is 3.24. The van der Waals surface area contributed by atoms with Gasteiger partial charge in [0.15, 0.2) is 6.26 Å². The maximum absolute atomic E-state index is 5.08. The lowest BCUT2D eigenvalue weighted by atomic mass is 10.2. The quantitative estimate of drug-likeness (QED) is 0.487. The molecule has 0 amide bonds. The molecule has 0 saturated carbocycles. The lowest BCUT2D eigenvalue weighted by molar-refractivity contribution is 0.232. The van der Waals surface area contributed by atoms with Crippen molar-refractivity contribution in [3.8, 4) is 0 Å². The molecule has 1 aromatic carbocycles. The van der Waals surface area contributed by atoms with Gasteiger partial charge in [0.2, 0.25) is 0 Å². The van der Waals surface area contributed by atoms with E-state index in [0.29, 0.717) is 0 Å². The first-order valence-corrected chi connectivity index (χ1v) is 4.19. The maximum atomic E-state index is 5.08. The van der Waals surface area contributed by atoms with Gasteiger partial charge >= 0.3 is 0 Å². The van der Waals surface area contributed by atoms with Crippen molar-refractivity contribution in [3.63, 3.8) is 0 Å². The highest BCUT2D eigenvalue weighted by atomic mass is 16.5. The van der Waals surface area contributed by atoms with E-state index in [1.54, 1.807) is 0 Å². The fourth-order valence-corrected chi connectivity index (χ4v) is 0.820. The number of hydrogen-bond donors (Lipinski definition) is 0. The van der Waals surface area contributed by atoms with Gasteiger partial charge in [-0.25, -0.2) is 0 Å². The number of ether oxygens (including phenoxy) is 1. The Labute approximate surface area is 73.7 Å². The van der Waals surface area contributed by atoms with Gasteiger partial charge in [-0.15, -0.1) is 0 Å². The number of rotatable bonds is 4. The molecule has 0 aliphatic heterocycles. The van der Waals surface area contributed by atoms with E-state index in [2.05, 4.69) is 13.2 Å². The molecule has 1 nitrogen and oxygen atoms in total. The van der Waals surface area contributed by atoms with Crippen molar-refractivity contribution in [1.29, 1.82) is 0 Å². The van der Waals surface area contributed by atoms with Crippen LogP contribution in [0.1, 0.15) is 18.9 Å². The van der Waals surface area contributed by atoms with E-state index in [0.717, 1.165) is 18.6 Å². The molecule has 0 N–H and O–H groups in total. The summed E-state index contributed by atoms with van der Waals surface area (Å²) in [6, 6.07) is 10.0. The van der Waals surface area contributed by atoms with E-state index in [9.17, 15) is 0 Å². The highest BCUT2D eigenvalue weighted by Gasteiger charge is 1.82. The summed E-state index contributed by atoms with van der Waals surface area (Å²) in [5.41, 5.74) is 1.12. The SMILES string of the molecule is CCCO/[C]=C/c1ccccc1. The summed E-state index contributed by atoms with van der Waals surface area (Å²) < 4.78 is 5.08. The third-order valence-electron chi connectivity index (χ3n) is 1.41. The Hall–Kier alpha value is -1.24. The Morgan fingerprint density at radius 2 is 2.08 bits per heavy atom. The maximum Gasteiger partial charge on any atom is 0.161 e. The van der Waals surface area contributed by atoms with Gasteiger partial charge in [-0.2, -0.15) is 0 Å². The molecule has 0 heterocycles. The van der Waals surface area contributed by atoms with E-state index >= 15 is 0 Å². The second-order valence-electron chi connectivity index (χ2n) is 2.52. The standard InChI is InChI=1S/C11H13O/c1-2-9-12-10-8-11-6-4-3-5-7-11/h3-8H,2,9H2,1H3. The van der Waals surface area contributed by atoms with E-state index in [4.69, 9.17) is 4.74 Å². The van der Waals surface area contributed by atoms with Gasteiger partial charge in [0, 0.05) is 0 Å². The van der Waals surface area contributed by atoms with Crippen LogP contribution in [-0.4, -0.2) is 6.61 Å². The van der Waals surface area contributed by atoms with Crippen molar-refractivity contribution in [2.75, 3.05) is 6.61 Å². The Balaban J connectivity index is 2.36. The molecule has 0 atom stereocenters. The van der Waals surface area contributed by atoms with Crippen LogP contribution in [0.3, 0.4) is 0 Å². The molecule has 63 valence electrons. The van der Waals surface area contributed by atoms with E-state index < -0.39 is 0 Å². The summed E-state index contributed by atoms with van der Waals surface area (Å²) in [6.07, 6.45) is 5.64. The van der Waals surface area contributed by atoms with Gasteiger partial charge in [0.05, 0.1) is 6.61 Å². The molecule has 1 radical (unpaired) electrons. The minimum absolute atomic E-state index is 0.739. The van der Waals surface area contributed by atoms with Gasteiger partial charge in [-0.05, 0) is 18.1 Å². The van der Waals surface area contributed by atoms with E-state index in [1.807, 2.05) is 36.4 Å². The van der Waals surface area contributed by atoms with Crippen molar-refractivity contribution in [2.45, 2.75) is 13.3 Å². The molecule has 0 aliphatic rings. The second kappa shape index (κ2) is 5.42. The van der Waals surface area contributed by atoms with E-state index in [-0.39, 0.29) is 0 Å². The minimum Gasteiger partial charge on any atom is -0.490 e. The molecular weight excluding hydrogens is 148 g/mol. The first-order valence-electron chi connectivity index (χ1n) is 4.19. The van der Waals surface area contributed by atoms with Crippen LogP contribution in [0.2, 0.25) is 0 Å². The normalized spacial score (nSPS) is 10.4. The Morgan fingerprint density at radius 1 is 1.33 bits per heavy atom. The van der Waals surface area contributed by atoms with Crippen LogP contribution < -0.4 is 0 Å². The lowest BCUT2D eigenvalue weighted by Crippen LogP contribution is -1.82. The lowest BCUT2D eigenvalue weighted by Gasteiger charge is -1.93.